The van der Waals surface area contributed by atoms with E-state index in [0.29, 0.717) is 11.3 Å². The zero-order chi connectivity index (χ0) is 13.8. The molecule has 2 aromatic rings. The summed E-state index contributed by atoms with van der Waals surface area (Å²) < 4.78 is 0. The third-order valence-electron chi connectivity index (χ3n) is 2.49. The average molecular weight is 257 g/mol. The van der Waals surface area contributed by atoms with Crippen molar-refractivity contribution in [3.05, 3.63) is 53.6 Å². The zero-order valence-corrected chi connectivity index (χ0v) is 9.82. The molecule has 5 nitrogen and oxygen atoms in total. The van der Waals surface area contributed by atoms with Crippen molar-refractivity contribution < 1.29 is 20.1 Å². The van der Waals surface area contributed by atoms with Gasteiger partial charge in [0.1, 0.15) is 11.5 Å². The van der Waals surface area contributed by atoms with Gasteiger partial charge in [0.25, 0.3) is 0 Å². The van der Waals surface area contributed by atoms with Crippen LogP contribution in [0.15, 0.2) is 47.5 Å². The lowest BCUT2D eigenvalue weighted by atomic mass is 10.1. The number of carboxylic acid groups (broad SMARTS) is 1. The number of nitrogens with zero attached hydrogens (tertiary/aromatic N) is 1. The topological polar surface area (TPSA) is 90.1 Å². The van der Waals surface area contributed by atoms with Crippen molar-refractivity contribution in [3.63, 3.8) is 0 Å². The molecular formula is C14H11NO4. The first-order valence-electron chi connectivity index (χ1n) is 5.46. The second-order valence-corrected chi connectivity index (χ2v) is 3.82. The van der Waals surface area contributed by atoms with Crippen LogP contribution < -0.4 is 0 Å². The second-order valence-electron chi connectivity index (χ2n) is 3.82. The first-order chi connectivity index (χ1) is 9.08. The molecule has 5 heteroatoms. The quantitative estimate of drug-likeness (QED) is 0.737. The lowest BCUT2D eigenvalue weighted by Gasteiger charge is -2.01. The normalized spacial score (nSPS) is 10.7. The largest absolute Gasteiger partial charge is 0.508 e. The van der Waals surface area contributed by atoms with Gasteiger partial charge < -0.3 is 15.3 Å². The van der Waals surface area contributed by atoms with Crippen molar-refractivity contribution in [3.8, 4) is 11.5 Å². The molecule has 0 aliphatic carbocycles. The van der Waals surface area contributed by atoms with Crippen LogP contribution in [0.1, 0.15) is 15.9 Å². The van der Waals surface area contributed by atoms with Crippen molar-refractivity contribution >= 4 is 17.9 Å². The number of aromatic hydroxyl groups is 2. The summed E-state index contributed by atoms with van der Waals surface area (Å²) in [7, 11) is 0. The number of benzene rings is 2. The molecule has 2 rings (SSSR count). The summed E-state index contributed by atoms with van der Waals surface area (Å²) in [5.74, 6) is -1.25. The predicted molar refractivity (Wildman–Crippen MR) is 70.4 cm³/mol. The van der Waals surface area contributed by atoms with Crippen LogP contribution in [0.2, 0.25) is 0 Å². The van der Waals surface area contributed by atoms with Crippen LogP contribution in [0.5, 0.6) is 11.5 Å². The smallest absolute Gasteiger partial charge is 0.337 e. The van der Waals surface area contributed by atoms with Gasteiger partial charge in [-0.2, -0.15) is 0 Å². The van der Waals surface area contributed by atoms with Crippen LogP contribution in [0.3, 0.4) is 0 Å². The Hall–Kier alpha value is -2.82. The van der Waals surface area contributed by atoms with Crippen LogP contribution in [-0.4, -0.2) is 27.5 Å². The van der Waals surface area contributed by atoms with E-state index in [1.165, 1.54) is 30.5 Å². The van der Waals surface area contributed by atoms with E-state index in [1.807, 2.05) is 0 Å². The zero-order valence-electron chi connectivity index (χ0n) is 9.82. The number of aromatic carboxylic acids is 1. The minimum atomic E-state index is -1.07. The number of carbonyl (C=O) groups is 1. The Balaban J connectivity index is 2.35. The highest BCUT2D eigenvalue weighted by Gasteiger charge is 2.07. The van der Waals surface area contributed by atoms with Gasteiger partial charge in [-0.25, -0.2) is 4.79 Å². The molecule has 0 saturated carbocycles. The fourth-order valence-corrected chi connectivity index (χ4v) is 1.55. The molecule has 3 N–H and O–H groups in total. The Labute approximate surface area is 109 Å². The van der Waals surface area contributed by atoms with Gasteiger partial charge in [-0.3, -0.25) is 4.99 Å². The maximum absolute atomic E-state index is 11.0. The maximum atomic E-state index is 11.0. The number of para-hydroxylation sites is 1. The van der Waals surface area contributed by atoms with Crippen LogP contribution in [0.25, 0.3) is 0 Å². The Kier molecular flexibility index (Phi) is 3.47. The van der Waals surface area contributed by atoms with Crippen LogP contribution >= 0.6 is 0 Å². The van der Waals surface area contributed by atoms with E-state index >= 15 is 0 Å². The number of rotatable bonds is 3. The standard InChI is InChI=1S/C14H11NO4/c16-10-6-5-9(13(17)7-10)8-15-12-4-2-1-3-11(12)14(18)19/h1-8,16-17H,(H,18,19)/b15-8-. The van der Waals surface area contributed by atoms with Crippen molar-refractivity contribution in [2.75, 3.05) is 0 Å². The second kappa shape index (κ2) is 5.22. The number of carboxylic acids is 1. The molecule has 0 saturated heterocycles. The van der Waals surface area contributed by atoms with Crippen molar-refractivity contribution in [1.82, 2.24) is 0 Å². The molecule has 19 heavy (non-hydrogen) atoms. The molecule has 0 fully saturated rings. The SMILES string of the molecule is O=C(O)c1ccccc1/N=C\c1ccc(O)cc1O. The van der Waals surface area contributed by atoms with Gasteiger partial charge in [0.05, 0.1) is 11.3 Å². The molecule has 0 amide bonds. The van der Waals surface area contributed by atoms with E-state index in [1.54, 1.807) is 18.2 Å². The molecule has 0 aliphatic rings. The fourth-order valence-electron chi connectivity index (χ4n) is 1.55. The fraction of sp³-hybridized carbons (Fsp3) is 0. The minimum Gasteiger partial charge on any atom is -0.508 e. The van der Waals surface area contributed by atoms with Gasteiger partial charge >= 0.3 is 5.97 Å². The molecule has 0 aliphatic heterocycles. The van der Waals surface area contributed by atoms with Gasteiger partial charge in [0.15, 0.2) is 0 Å². The summed E-state index contributed by atoms with van der Waals surface area (Å²) in [5, 5.41) is 27.7. The number of phenolic OH excluding ortho intramolecular Hbond substituents is 2. The third kappa shape index (κ3) is 2.90. The number of hydrogen-bond donors (Lipinski definition) is 3. The van der Waals surface area contributed by atoms with Crippen molar-refractivity contribution in [2.24, 2.45) is 4.99 Å². The monoisotopic (exact) mass is 257 g/mol. The van der Waals surface area contributed by atoms with Crippen LogP contribution in [0.4, 0.5) is 5.69 Å². The van der Waals surface area contributed by atoms with E-state index in [-0.39, 0.29) is 17.1 Å². The van der Waals surface area contributed by atoms with Crippen LogP contribution in [0, 0.1) is 0 Å². The highest BCUT2D eigenvalue weighted by molar-refractivity contribution is 5.95. The average Bonchev–Trinajstić information content (AvgIpc) is 2.38. The van der Waals surface area contributed by atoms with E-state index in [0.717, 1.165) is 0 Å². The molecule has 96 valence electrons. The molecule has 0 heterocycles. The molecule has 0 spiro atoms. The lowest BCUT2D eigenvalue weighted by Crippen LogP contribution is -1.96. The summed E-state index contributed by atoms with van der Waals surface area (Å²) in [6.07, 6.45) is 1.34. The molecule has 0 unspecified atom stereocenters. The van der Waals surface area contributed by atoms with E-state index in [2.05, 4.69) is 4.99 Å². The van der Waals surface area contributed by atoms with Crippen LogP contribution in [-0.2, 0) is 0 Å². The van der Waals surface area contributed by atoms with Crippen molar-refractivity contribution in [2.45, 2.75) is 0 Å². The molecule has 2 aromatic carbocycles. The highest BCUT2D eigenvalue weighted by atomic mass is 16.4. The number of aliphatic imine (C=N–C) groups is 1. The van der Waals surface area contributed by atoms with Gasteiger partial charge in [-0.1, -0.05) is 12.1 Å². The number of phenols is 2. The summed E-state index contributed by atoms with van der Waals surface area (Å²) >= 11 is 0. The third-order valence-corrected chi connectivity index (χ3v) is 2.49. The first-order valence-corrected chi connectivity index (χ1v) is 5.46. The maximum Gasteiger partial charge on any atom is 0.337 e. The molecular weight excluding hydrogens is 246 g/mol. The van der Waals surface area contributed by atoms with Gasteiger partial charge in [0, 0.05) is 17.8 Å². The Bertz CT molecular complexity index is 650. The van der Waals surface area contributed by atoms with Gasteiger partial charge in [-0.15, -0.1) is 0 Å². The summed E-state index contributed by atoms with van der Waals surface area (Å²) in [4.78, 5) is 15.0. The molecule has 0 atom stereocenters. The Morgan fingerprint density at radius 2 is 1.84 bits per heavy atom. The number of hydrogen-bond acceptors (Lipinski definition) is 4. The van der Waals surface area contributed by atoms with E-state index in [9.17, 15) is 9.90 Å². The molecule has 0 bridgehead atoms. The molecule has 0 radical (unpaired) electrons. The van der Waals surface area contributed by atoms with Crippen molar-refractivity contribution in [1.29, 1.82) is 0 Å². The van der Waals surface area contributed by atoms with E-state index < -0.39 is 5.97 Å². The minimum absolute atomic E-state index is 0.0550. The lowest BCUT2D eigenvalue weighted by molar-refractivity contribution is 0.0698. The Morgan fingerprint density at radius 3 is 2.53 bits per heavy atom. The summed E-state index contributed by atoms with van der Waals surface area (Å²) in [6, 6.07) is 10.4. The molecule has 0 aromatic heterocycles. The first kappa shape index (κ1) is 12.6. The summed E-state index contributed by atoms with van der Waals surface area (Å²) in [6.45, 7) is 0. The predicted octanol–water partition coefficient (Wildman–Crippen LogP) is 2.55. The summed E-state index contributed by atoms with van der Waals surface area (Å²) in [5.41, 5.74) is 0.762. The Morgan fingerprint density at radius 1 is 1.11 bits per heavy atom. The van der Waals surface area contributed by atoms with Gasteiger partial charge in [0.2, 0.25) is 0 Å². The van der Waals surface area contributed by atoms with E-state index in [4.69, 9.17) is 10.2 Å². The highest BCUT2D eigenvalue weighted by Crippen LogP contribution is 2.23. The van der Waals surface area contributed by atoms with Gasteiger partial charge in [-0.05, 0) is 24.3 Å².